The Kier molecular flexibility index (Phi) is 4.06. The molecule has 1 saturated heterocycles. The number of rotatable bonds is 3. The van der Waals surface area contributed by atoms with Gasteiger partial charge in [0.15, 0.2) is 0 Å². The lowest BCUT2D eigenvalue weighted by atomic mass is 9.55. The normalized spacial score (nSPS) is 24.9. The van der Waals surface area contributed by atoms with Crippen LogP contribution in [0.15, 0.2) is 66.7 Å². The van der Waals surface area contributed by atoms with Gasteiger partial charge in [-0.1, -0.05) is 61.5 Å². The summed E-state index contributed by atoms with van der Waals surface area (Å²) in [4.78, 5) is 28.7. The molecule has 1 fully saturated rings. The highest BCUT2D eigenvalue weighted by molar-refractivity contribution is 6.24. The number of amides is 2. The van der Waals surface area contributed by atoms with Gasteiger partial charge in [-0.25, -0.2) is 4.90 Å². The van der Waals surface area contributed by atoms with Gasteiger partial charge in [-0.05, 0) is 46.4 Å². The van der Waals surface area contributed by atoms with Crippen molar-refractivity contribution in [1.82, 2.24) is 0 Å². The standard InChI is InChI=1S/C26H21N2O4/c1-2-14-11-12-17-18(13-14)22-16-8-4-3-7-15(16)21(17)23-24(22)26(30)27(25(23)29)19-9-5-6-10-20(19)28(31)32/h3-13,21-24,31H,2H2,1H3/q-1/t21-,22-,23+,24-/m1/s1. The summed E-state index contributed by atoms with van der Waals surface area (Å²) in [6.07, 6.45) is 0.891. The third-order valence-electron chi connectivity index (χ3n) is 7.34. The summed E-state index contributed by atoms with van der Waals surface area (Å²) in [6, 6.07) is 20.6. The first-order valence-corrected chi connectivity index (χ1v) is 10.9. The van der Waals surface area contributed by atoms with Crippen LogP contribution in [0.1, 0.15) is 46.6 Å². The van der Waals surface area contributed by atoms with Crippen LogP contribution < -0.4 is 10.1 Å². The minimum Gasteiger partial charge on any atom is -0.733 e. The first kappa shape index (κ1) is 19.2. The molecule has 1 aliphatic heterocycles. The van der Waals surface area contributed by atoms with Gasteiger partial charge in [0.25, 0.3) is 0 Å². The second-order valence-electron chi connectivity index (χ2n) is 8.73. The Labute approximate surface area is 185 Å². The minimum absolute atomic E-state index is 0.121. The summed E-state index contributed by atoms with van der Waals surface area (Å²) in [5.41, 5.74) is 5.63. The maximum absolute atomic E-state index is 13.8. The molecule has 4 aliphatic rings. The molecule has 1 N–H and O–H groups in total. The molecule has 2 bridgehead atoms. The second kappa shape index (κ2) is 6.76. The van der Waals surface area contributed by atoms with Crippen LogP contribution in [-0.4, -0.2) is 17.0 Å². The number of para-hydroxylation sites is 2. The van der Waals surface area contributed by atoms with Gasteiger partial charge in [-0.3, -0.25) is 14.8 Å². The zero-order valence-corrected chi connectivity index (χ0v) is 17.4. The number of hydrogen-bond donors (Lipinski definition) is 1. The Morgan fingerprint density at radius 3 is 2.03 bits per heavy atom. The number of carbonyl (C=O) groups excluding carboxylic acids is 2. The zero-order valence-electron chi connectivity index (χ0n) is 17.4. The smallest absolute Gasteiger partial charge is 0.238 e. The van der Waals surface area contributed by atoms with Crippen LogP contribution in [0.5, 0.6) is 0 Å². The molecular weight excluding hydrogens is 404 g/mol. The van der Waals surface area contributed by atoms with E-state index in [0.29, 0.717) is 0 Å². The van der Waals surface area contributed by atoms with Crippen LogP contribution in [0.25, 0.3) is 0 Å². The Balaban J connectivity index is 1.56. The monoisotopic (exact) mass is 425 g/mol. The fourth-order valence-electron chi connectivity index (χ4n) is 6.05. The molecule has 0 aromatic heterocycles. The van der Waals surface area contributed by atoms with E-state index in [2.05, 4.69) is 37.3 Å². The lowest BCUT2D eigenvalue weighted by molar-refractivity contribution is -0.122. The molecule has 6 heteroatoms. The van der Waals surface area contributed by atoms with E-state index < -0.39 is 11.8 Å². The maximum Gasteiger partial charge on any atom is 0.238 e. The van der Waals surface area contributed by atoms with Gasteiger partial charge < -0.3 is 10.4 Å². The Morgan fingerprint density at radius 1 is 0.844 bits per heavy atom. The van der Waals surface area contributed by atoms with Crippen LogP contribution in [0.4, 0.5) is 11.4 Å². The molecule has 0 unspecified atom stereocenters. The van der Waals surface area contributed by atoms with Crippen molar-refractivity contribution in [2.24, 2.45) is 11.8 Å². The molecule has 3 aliphatic carbocycles. The molecule has 0 radical (unpaired) electrons. The van der Waals surface area contributed by atoms with Gasteiger partial charge in [0.2, 0.25) is 11.8 Å². The predicted octanol–water partition coefficient (Wildman–Crippen LogP) is 4.34. The van der Waals surface area contributed by atoms with Crippen molar-refractivity contribution in [3.63, 3.8) is 0 Å². The van der Waals surface area contributed by atoms with Crippen LogP contribution in [-0.2, 0) is 16.0 Å². The lowest BCUT2D eigenvalue weighted by Crippen LogP contribution is -2.41. The van der Waals surface area contributed by atoms with E-state index in [4.69, 9.17) is 0 Å². The first-order chi connectivity index (χ1) is 15.5. The van der Waals surface area contributed by atoms with Crippen molar-refractivity contribution in [2.75, 3.05) is 10.1 Å². The van der Waals surface area contributed by atoms with Gasteiger partial charge in [-0.2, -0.15) is 0 Å². The van der Waals surface area contributed by atoms with E-state index in [1.54, 1.807) is 12.1 Å². The van der Waals surface area contributed by atoms with Crippen LogP contribution in [0.3, 0.4) is 0 Å². The van der Waals surface area contributed by atoms with E-state index in [1.165, 1.54) is 17.7 Å². The molecule has 32 heavy (non-hydrogen) atoms. The van der Waals surface area contributed by atoms with Crippen LogP contribution >= 0.6 is 0 Å². The SMILES string of the molecule is CCc1ccc2c(c1)[C@H]1c3ccccc3[C@H]2[C@@H]2C(=O)N(c3ccccc3N([O-])O)C(=O)[C@H]12. The Bertz CT molecular complexity index is 1280. The van der Waals surface area contributed by atoms with E-state index in [-0.39, 0.29) is 40.3 Å². The maximum atomic E-state index is 13.8. The number of nitrogens with zero attached hydrogens (tertiary/aromatic N) is 2. The van der Waals surface area contributed by atoms with Crippen molar-refractivity contribution < 1.29 is 14.8 Å². The third-order valence-corrected chi connectivity index (χ3v) is 7.34. The number of anilines is 2. The fraction of sp³-hybridized carbons (Fsp3) is 0.231. The summed E-state index contributed by atoms with van der Waals surface area (Å²) in [7, 11) is 0. The molecular formula is C26H21N2O4-. The van der Waals surface area contributed by atoms with Crippen LogP contribution in [0, 0.1) is 17.0 Å². The van der Waals surface area contributed by atoms with Gasteiger partial charge in [0.05, 0.1) is 23.2 Å². The first-order valence-electron chi connectivity index (χ1n) is 10.9. The molecule has 1 heterocycles. The number of hydrogen-bond acceptors (Lipinski definition) is 5. The molecule has 4 atom stereocenters. The van der Waals surface area contributed by atoms with Crippen molar-refractivity contribution >= 4 is 23.2 Å². The summed E-state index contributed by atoms with van der Waals surface area (Å²) in [6.45, 7) is 2.10. The van der Waals surface area contributed by atoms with E-state index in [9.17, 15) is 20.0 Å². The lowest BCUT2D eigenvalue weighted by Gasteiger charge is -2.46. The van der Waals surface area contributed by atoms with Crippen molar-refractivity contribution in [3.05, 3.63) is 99.8 Å². The van der Waals surface area contributed by atoms with Crippen molar-refractivity contribution in [3.8, 4) is 0 Å². The van der Waals surface area contributed by atoms with Gasteiger partial charge in [0.1, 0.15) is 0 Å². The van der Waals surface area contributed by atoms with E-state index in [0.717, 1.165) is 33.6 Å². The fourth-order valence-corrected chi connectivity index (χ4v) is 6.05. The van der Waals surface area contributed by atoms with Gasteiger partial charge in [0, 0.05) is 11.8 Å². The highest BCUT2D eigenvalue weighted by Gasteiger charge is 2.62. The van der Waals surface area contributed by atoms with Crippen molar-refractivity contribution in [1.29, 1.82) is 0 Å². The number of carbonyl (C=O) groups is 2. The molecule has 6 nitrogen and oxygen atoms in total. The van der Waals surface area contributed by atoms with Gasteiger partial charge >= 0.3 is 0 Å². The summed E-state index contributed by atoms with van der Waals surface area (Å²) in [5.74, 6) is -2.12. The average molecular weight is 425 g/mol. The van der Waals surface area contributed by atoms with Gasteiger partial charge in [-0.15, -0.1) is 0 Å². The highest BCUT2D eigenvalue weighted by atomic mass is 16.8. The average Bonchev–Trinajstić information content (AvgIpc) is 3.09. The summed E-state index contributed by atoms with van der Waals surface area (Å²) < 4.78 is 0. The molecule has 2 amide bonds. The third kappa shape index (κ3) is 2.36. The molecule has 7 rings (SSSR count). The molecule has 0 saturated carbocycles. The molecule has 160 valence electrons. The number of aryl methyl sites for hydroxylation is 1. The summed E-state index contributed by atoms with van der Waals surface area (Å²) >= 11 is 0. The molecule has 0 spiro atoms. The van der Waals surface area contributed by atoms with Crippen molar-refractivity contribution in [2.45, 2.75) is 25.2 Å². The Hall–Kier alpha value is -3.48. The Morgan fingerprint density at radius 2 is 1.41 bits per heavy atom. The second-order valence-corrected chi connectivity index (χ2v) is 8.73. The molecule has 3 aromatic rings. The summed E-state index contributed by atoms with van der Waals surface area (Å²) in [5, 5.41) is 21.0. The topological polar surface area (TPSA) is 83.9 Å². The quantitative estimate of drug-likeness (QED) is 0.499. The molecule has 3 aromatic carbocycles. The predicted molar refractivity (Wildman–Crippen MR) is 119 cm³/mol. The highest BCUT2D eigenvalue weighted by Crippen LogP contribution is 2.61. The zero-order chi connectivity index (χ0) is 22.1. The van der Waals surface area contributed by atoms with Crippen LogP contribution in [0.2, 0.25) is 0 Å². The number of benzene rings is 3. The minimum atomic E-state index is -0.533. The van der Waals surface area contributed by atoms with E-state index in [1.807, 2.05) is 12.1 Å². The number of imide groups is 1. The van der Waals surface area contributed by atoms with E-state index >= 15 is 0 Å². The largest absolute Gasteiger partial charge is 0.733 e.